The van der Waals surface area contributed by atoms with Crippen LogP contribution in [0.4, 0.5) is 0 Å². The van der Waals surface area contributed by atoms with Crippen LogP contribution in [0.25, 0.3) is 0 Å². The monoisotopic (exact) mass is 170 g/mol. The average molecular weight is 170 g/mol. The topological polar surface area (TPSA) is 69.6 Å². The molecule has 12 heavy (non-hydrogen) atoms. The standard InChI is InChI=1S/C7H10N2O3/c10-4-1-5-7(12)8-2-6(11)9(5)3-4/h4-5,10H,1-3H2,(H,8,12)/t4-,5?/m1/s1. The van der Waals surface area contributed by atoms with Crippen LogP contribution in [0, 0.1) is 0 Å². The first-order valence-corrected chi connectivity index (χ1v) is 3.94. The highest BCUT2D eigenvalue weighted by Gasteiger charge is 2.41. The van der Waals surface area contributed by atoms with Crippen LogP contribution in [0.2, 0.25) is 0 Å². The van der Waals surface area contributed by atoms with Crippen LogP contribution in [0.3, 0.4) is 0 Å². The first-order chi connectivity index (χ1) is 5.68. The van der Waals surface area contributed by atoms with E-state index in [-0.39, 0.29) is 18.4 Å². The molecule has 0 aromatic rings. The van der Waals surface area contributed by atoms with E-state index < -0.39 is 12.1 Å². The molecule has 2 atom stereocenters. The van der Waals surface area contributed by atoms with E-state index in [1.165, 1.54) is 4.90 Å². The van der Waals surface area contributed by atoms with E-state index in [1.807, 2.05) is 0 Å². The summed E-state index contributed by atoms with van der Waals surface area (Å²) in [6.07, 6.45) is -0.166. The Labute approximate surface area is 69.3 Å². The zero-order chi connectivity index (χ0) is 8.72. The second-order valence-electron chi connectivity index (χ2n) is 3.17. The highest BCUT2D eigenvalue weighted by Crippen LogP contribution is 2.19. The number of piperazine rings is 1. The molecular weight excluding hydrogens is 160 g/mol. The molecule has 2 heterocycles. The van der Waals surface area contributed by atoms with Crippen LogP contribution in [-0.4, -0.2) is 47.1 Å². The predicted molar refractivity (Wildman–Crippen MR) is 39.1 cm³/mol. The molecule has 0 spiro atoms. The van der Waals surface area contributed by atoms with Crippen molar-refractivity contribution >= 4 is 11.8 Å². The number of amides is 2. The van der Waals surface area contributed by atoms with E-state index in [9.17, 15) is 14.7 Å². The molecule has 66 valence electrons. The maximum atomic E-state index is 11.2. The molecule has 2 rings (SSSR count). The molecule has 0 saturated carbocycles. The van der Waals surface area contributed by atoms with Gasteiger partial charge in [0.2, 0.25) is 11.8 Å². The largest absolute Gasteiger partial charge is 0.391 e. The summed E-state index contributed by atoms with van der Waals surface area (Å²) >= 11 is 0. The number of fused-ring (bicyclic) bond motifs is 1. The first kappa shape index (κ1) is 7.54. The van der Waals surface area contributed by atoms with Gasteiger partial charge in [-0.15, -0.1) is 0 Å². The molecular formula is C7H10N2O3. The lowest BCUT2D eigenvalue weighted by atomic mass is 10.1. The van der Waals surface area contributed by atoms with Crippen molar-refractivity contribution in [3.05, 3.63) is 0 Å². The lowest BCUT2D eigenvalue weighted by Gasteiger charge is -2.28. The summed E-state index contributed by atoms with van der Waals surface area (Å²) in [5.74, 6) is -0.248. The zero-order valence-corrected chi connectivity index (χ0v) is 6.49. The Morgan fingerprint density at radius 2 is 2.25 bits per heavy atom. The SMILES string of the molecule is O=C1NCC(=O)N2C[C@H](O)CC12. The normalized spacial score (nSPS) is 34.9. The maximum Gasteiger partial charge on any atom is 0.243 e. The lowest BCUT2D eigenvalue weighted by molar-refractivity contribution is -0.143. The molecule has 0 aliphatic carbocycles. The number of carbonyl (C=O) groups is 2. The molecule has 0 aromatic carbocycles. The maximum absolute atomic E-state index is 11.2. The Morgan fingerprint density at radius 3 is 2.92 bits per heavy atom. The Bertz CT molecular complexity index is 217. The number of aliphatic hydroxyl groups excluding tert-OH is 1. The van der Waals surface area contributed by atoms with Gasteiger partial charge in [-0.25, -0.2) is 0 Å². The van der Waals surface area contributed by atoms with E-state index in [1.54, 1.807) is 0 Å². The summed E-state index contributed by atoms with van der Waals surface area (Å²) in [7, 11) is 0. The van der Waals surface area contributed by atoms with Crippen LogP contribution in [0.5, 0.6) is 0 Å². The Balaban J connectivity index is 2.20. The highest BCUT2D eigenvalue weighted by molar-refractivity contribution is 5.95. The lowest BCUT2D eigenvalue weighted by Crippen LogP contribution is -2.55. The van der Waals surface area contributed by atoms with Gasteiger partial charge in [0.05, 0.1) is 12.6 Å². The van der Waals surface area contributed by atoms with Crippen molar-refractivity contribution in [1.29, 1.82) is 0 Å². The van der Waals surface area contributed by atoms with Crippen LogP contribution in [-0.2, 0) is 9.59 Å². The molecule has 2 N–H and O–H groups in total. The van der Waals surface area contributed by atoms with Gasteiger partial charge in [0.1, 0.15) is 6.04 Å². The summed E-state index contributed by atoms with van der Waals surface area (Å²) in [4.78, 5) is 23.8. The summed E-state index contributed by atoms with van der Waals surface area (Å²) in [6, 6.07) is -0.429. The molecule has 0 radical (unpaired) electrons. The van der Waals surface area contributed by atoms with Gasteiger partial charge >= 0.3 is 0 Å². The van der Waals surface area contributed by atoms with Crippen molar-refractivity contribution in [3.63, 3.8) is 0 Å². The fourth-order valence-corrected chi connectivity index (χ4v) is 1.72. The van der Waals surface area contributed by atoms with Gasteiger partial charge in [-0.1, -0.05) is 0 Å². The van der Waals surface area contributed by atoms with Crippen molar-refractivity contribution in [3.8, 4) is 0 Å². The molecule has 2 fully saturated rings. The third kappa shape index (κ3) is 0.972. The van der Waals surface area contributed by atoms with E-state index in [0.717, 1.165) is 0 Å². The van der Waals surface area contributed by atoms with E-state index in [0.29, 0.717) is 13.0 Å². The number of hydrogen-bond acceptors (Lipinski definition) is 3. The van der Waals surface area contributed by atoms with Gasteiger partial charge < -0.3 is 15.3 Å². The molecule has 2 amide bonds. The summed E-state index contributed by atoms with van der Waals surface area (Å²) in [5, 5.41) is 11.7. The third-order valence-corrected chi connectivity index (χ3v) is 2.32. The summed E-state index contributed by atoms with van der Waals surface area (Å²) < 4.78 is 0. The van der Waals surface area contributed by atoms with E-state index in [4.69, 9.17) is 0 Å². The second-order valence-corrected chi connectivity index (χ2v) is 3.17. The minimum Gasteiger partial charge on any atom is -0.391 e. The first-order valence-electron chi connectivity index (χ1n) is 3.94. The Hall–Kier alpha value is -1.10. The quantitative estimate of drug-likeness (QED) is 0.445. The van der Waals surface area contributed by atoms with Crippen molar-refractivity contribution in [2.45, 2.75) is 18.6 Å². The molecule has 0 aromatic heterocycles. The fraction of sp³-hybridized carbons (Fsp3) is 0.714. The number of aliphatic hydroxyl groups is 1. The predicted octanol–water partition coefficient (Wildman–Crippen LogP) is -1.92. The fourth-order valence-electron chi connectivity index (χ4n) is 1.72. The van der Waals surface area contributed by atoms with Crippen LogP contribution in [0.1, 0.15) is 6.42 Å². The van der Waals surface area contributed by atoms with Crippen molar-refractivity contribution in [2.75, 3.05) is 13.1 Å². The Kier molecular flexibility index (Phi) is 1.54. The van der Waals surface area contributed by atoms with Crippen molar-refractivity contribution < 1.29 is 14.7 Å². The van der Waals surface area contributed by atoms with Gasteiger partial charge in [-0.2, -0.15) is 0 Å². The average Bonchev–Trinajstić information content (AvgIpc) is 2.41. The number of nitrogens with zero attached hydrogens (tertiary/aromatic N) is 1. The van der Waals surface area contributed by atoms with Gasteiger partial charge in [0.15, 0.2) is 0 Å². The molecule has 2 aliphatic heterocycles. The summed E-state index contributed by atoms with van der Waals surface area (Å²) in [6.45, 7) is 0.374. The van der Waals surface area contributed by atoms with E-state index >= 15 is 0 Å². The molecule has 0 bridgehead atoms. The van der Waals surface area contributed by atoms with Gasteiger partial charge in [0.25, 0.3) is 0 Å². The molecule has 2 saturated heterocycles. The zero-order valence-electron chi connectivity index (χ0n) is 6.49. The second kappa shape index (κ2) is 2.45. The summed E-state index contributed by atoms with van der Waals surface area (Å²) in [5.41, 5.74) is 0. The van der Waals surface area contributed by atoms with Crippen LogP contribution in [0.15, 0.2) is 0 Å². The number of hydrogen-bond donors (Lipinski definition) is 2. The van der Waals surface area contributed by atoms with Crippen molar-refractivity contribution in [1.82, 2.24) is 10.2 Å². The van der Waals surface area contributed by atoms with Crippen LogP contribution >= 0.6 is 0 Å². The minimum atomic E-state index is -0.539. The number of carbonyl (C=O) groups excluding carboxylic acids is 2. The molecule has 2 aliphatic rings. The van der Waals surface area contributed by atoms with Gasteiger partial charge in [-0.05, 0) is 0 Å². The van der Waals surface area contributed by atoms with Gasteiger partial charge in [-0.3, -0.25) is 9.59 Å². The highest BCUT2D eigenvalue weighted by atomic mass is 16.3. The molecule has 1 unspecified atom stereocenters. The van der Waals surface area contributed by atoms with Crippen LogP contribution < -0.4 is 5.32 Å². The Morgan fingerprint density at radius 1 is 1.50 bits per heavy atom. The third-order valence-electron chi connectivity index (χ3n) is 2.32. The van der Waals surface area contributed by atoms with Gasteiger partial charge in [0, 0.05) is 13.0 Å². The van der Waals surface area contributed by atoms with E-state index in [2.05, 4.69) is 5.32 Å². The molecule has 5 heteroatoms. The number of nitrogens with one attached hydrogen (secondary N) is 1. The molecule has 5 nitrogen and oxygen atoms in total. The minimum absolute atomic E-state index is 0.0715. The smallest absolute Gasteiger partial charge is 0.243 e. The van der Waals surface area contributed by atoms with Crippen molar-refractivity contribution in [2.24, 2.45) is 0 Å². The number of rotatable bonds is 0.